The Morgan fingerprint density at radius 1 is 0.719 bits per heavy atom. The van der Waals surface area contributed by atoms with Gasteiger partial charge in [0.05, 0.1) is 6.61 Å². The van der Waals surface area contributed by atoms with Crippen molar-refractivity contribution in [1.82, 2.24) is 0 Å². The molecule has 0 spiro atoms. The van der Waals surface area contributed by atoms with Crippen LogP contribution >= 0.6 is 0 Å². The monoisotopic (exact) mass is 440 g/mol. The molecule has 0 heterocycles. The van der Waals surface area contributed by atoms with Crippen molar-refractivity contribution < 1.29 is 4.74 Å². The predicted octanol–water partition coefficient (Wildman–Crippen LogP) is 9.77. The Hall–Kier alpha value is -0.980. The lowest BCUT2D eigenvalue weighted by atomic mass is 9.74. The van der Waals surface area contributed by atoms with Gasteiger partial charge in [0.25, 0.3) is 0 Å². The zero-order chi connectivity index (χ0) is 22.4. The van der Waals surface area contributed by atoms with Gasteiger partial charge in [-0.2, -0.15) is 0 Å². The van der Waals surface area contributed by atoms with Crippen molar-refractivity contribution in [3.8, 4) is 5.75 Å². The number of hydrogen-bond donors (Lipinski definition) is 0. The fourth-order valence-electron chi connectivity index (χ4n) is 6.33. The van der Waals surface area contributed by atoms with E-state index < -0.39 is 0 Å². The summed E-state index contributed by atoms with van der Waals surface area (Å²) in [4.78, 5) is 0. The van der Waals surface area contributed by atoms with Crippen LogP contribution in [-0.2, 0) is 6.42 Å². The van der Waals surface area contributed by atoms with E-state index in [2.05, 4.69) is 38.1 Å². The van der Waals surface area contributed by atoms with Crippen molar-refractivity contribution in [3.63, 3.8) is 0 Å². The van der Waals surface area contributed by atoms with Crippen LogP contribution in [0.15, 0.2) is 24.3 Å². The Kier molecular flexibility index (Phi) is 12.0. The van der Waals surface area contributed by atoms with E-state index in [4.69, 9.17) is 4.74 Å². The van der Waals surface area contributed by atoms with Gasteiger partial charge in [-0.05, 0) is 67.1 Å². The quantitative estimate of drug-likeness (QED) is 0.261. The highest BCUT2D eigenvalue weighted by atomic mass is 16.5. The first kappa shape index (κ1) is 25.6. The van der Waals surface area contributed by atoms with E-state index in [1.54, 1.807) is 0 Å². The first-order chi connectivity index (χ1) is 15.7. The van der Waals surface area contributed by atoms with E-state index in [-0.39, 0.29) is 0 Å². The first-order valence-corrected chi connectivity index (χ1v) is 14.5. The van der Waals surface area contributed by atoms with E-state index in [1.165, 1.54) is 121 Å². The topological polar surface area (TPSA) is 9.23 Å². The summed E-state index contributed by atoms with van der Waals surface area (Å²) in [5.41, 5.74) is 1.49. The van der Waals surface area contributed by atoms with Gasteiger partial charge in [-0.25, -0.2) is 0 Å². The second-order valence-electron chi connectivity index (χ2n) is 11.3. The molecule has 2 saturated carbocycles. The predicted molar refractivity (Wildman–Crippen MR) is 139 cm³/mol. The summed E-state index contributed by atoms with van der Waals surface area (Å²) in [6, 6.07) is 9.02. The largest absolute Gasteiger partial charge is 0.494 e. The lowest BCUT2D eigenvalue weighted by molar-refractivity contribution is 0.190. The molecule has 3 rings (SSSR count). The highest BCUT2D eigenvalue weighted by Gasteiger charge is 2.24. The molecule has 2 aliphatic carbocycles. The smallest absolute Gasteiger partial charge is 0.119 e. The van der Waals surface area contributed by atoms with E-state index in [0.29, 0.717) is 0 Å². The molecule has 0 aliphatic heterocycles. The highest BCUT2D eigenvalue weighted by molar-refractivity contribution is 5.27. The van der Waals surface area contributed by atoms with Crippen LogP contribution in [0.2, 0.25) is 0 Å². The molecule has 0 bridgehead atoms. The minimum absolute atomic E-state index is 0.888. The lowest BCUT2D eigenvalue weighted by Crippen LogP contribution is -2.20. The minimum atomic E-state index is 0.888. The average Bonchev–Trinajstić information content (AvgIpc) is 2.83. The van der Waals surface area contributed by atoms with Gasteiger partial charge >= 0.3 is 0 Å². The van der Waals surface area contributed by atoms with Gasteiger partial charge in [-0.15, -0.1) is 0 Å². The van der Waals surface area contributed by atoms with Gasteiger partial charge in [0.15, 0.2) is 0 Å². The fourth-order valence-corrected chi connectivity index (χ4v) is 6.33. The Morgan fingerprint density at radius 2 is 1.38 bits per heavy atom. The second-order valence-corrected chi connectivity index (χ2v) is 11.3. The van der Waals surface area contributed by atoms with Crippen molar-refractivity contribution in [2.75, 3.05) is 6.61 Å². The third kappa shape index (κ3) is 9.48. The molecule has 0 N–H and O–H groups in total. The summed E-state index contributed by atoms with van der Waals surface area (Å²) >= 11 is 0. The van der Waals surface area contributed by atoms with Crippen LogP contribution in [0.25, 0.3) is 0 Å². The van der Waals surface area contributed by atoms with Gasteiger partial charge < -0.3 is 4.74 Å². The maximum atomic E-state index is 6.12. The maximum absolute atomic E-state index is 6.12. The van der Waals surface area contributed by atoms with Crippen LogP contribution in [-0.4, -0.2) is 6.61 Å². The standard InChI is InChI=1S/C31H52O/c1-3-4-5-6-7-11-29-12-8-9-13-30(29)14-10-25-32-31-23-21-28(22-24-31)20-19-27-17-15-26(2)16-18-27/h21-24,26-27,29-30H,3-20,25H2,1-2H3. The van der Waals surface area contributed by atoms with Crippen LogP contribution in [0.1, 0.15) is 129 Å². The molecular formula is C31H52O. The molecule has 2 atom stereocenters. The summed E-state index contributed by atoms with van der Waals surface area (Å²) in [6.07, 6.45) is 25.5. The zero-order valence-corrected chi connectivity index (χ0v) is 21.5. The second kappa shape index (κ2) is 15.0. The van der Waals surface area contributed by atoms with Crippen molar-refractivity contribution in [2.45, 2.75) is 129 Å². The normalized spacial score (nSPS) is 26.2. The number of benzene rings is 1. The molecule has 32 heavy (non-hydrogen) atoms. The summed E-state index contributed by atoms with van der Waals surface area (Å²) in [5, 5.41) is 0. The molecule has 1 aromatic carbocycles. The van der Waals surface area contributed by atoms with Gasteiger partial charge in [0, 0.05) is 0 Å². The third-order valence-electron chi connectivity index (χ3n) is 8.63. The van der Waals surface area contributed by atoms with E-state index in [9.17, 15) is 0 Å². The molecular weight excluding hydrogens is 388 g/mol. The van der Waals surface area contributed by atoms with Crippen LogP contribution in [0, 0.1) is 23.7 Å². The van der Waals surface area contributed by atoms with E-state index in [0.717, 1.165) is 36.0 Å². The lowest BCUT2D eigenvalue weighted by Gasteiger charge is -2.32. The first-order valence-electron chi connectivity index (χ1n) is 14.5. The van der Waals surface area contributed by atoms with E-state index >= 15 is 0 Å². The molecule has 2 fully saturated rings. The minimum Gasteiger partial charge on any atom is -0.494 e. The summed E-state index contributed by atoms with van der Waals surface area (Å²) < 4.78 is 6.12. The van der Waals surface area contributed by atoms with Gasteiger partial charge in [-0.1, -0.05) is 116 Å². The van der Waals surface area contributed by atoms with Crippen molar-refractivity contribution >= 4 is 0 Å². The molecule has 1 nitrogen and oxygen atoms in total. The molecule has 2 unspecified atom stereocenters. The van der Waals surface area contributed by atoms with E-state index in [1.807, 2.05) is 0 Å². The zero-order valence-electron chi connectivity index (χ0n) is 21.5. The van der Waals surface area contributed by atoms with Crippen LogP contribution in [0.3, 0.4) is 0 Å². The summed E-state index contributed by atoms with van der Waals surface area (Å²) in [7, 11) is 0. The average molecular weight is 441 g/mol. The number of aryl methyl sites for hydroxylation is 1. The van der Waals surface area contributed by atoms with Crippen molar-refractivity contribution in [2.24, 2.45) is 23.7 Å². The maximum Gasteiger partial charge on any atom is 0.119 e. The molecule has 2 aliphatic rings. The van der Waals surface area contributed by atoms with Crippen LogP contribution in [0.5, 0.6) is 5.75 Å². The summed E-state index contributed by atoms with van der Waals surface area (Å²) in [6.45, 7) is 5.61. The number of ether oxygens (including phenoxy) is 1. The third-order valence-corrected chi connectivity index (χ3v) is 8.63. The number of hydrogen-bond acceptors (Lipinski definition) is 1. The molecule has 0 amide bonds. The van der Waals surface area contributed by atoms with Crippen molar-refractivity contribution in [1.29, 1.82) is 0 Å². The summed E-state index contributed by atoms with van der Waals surface area (Å²) in [5.74, 6) is 4.95. The number of rotatable bonds is 14. The SMILES string of the molecule is CCCCCCCC1CCCCC1CCCOc1ccc(CCC2CCC(C)CC2)cc1. The van der Waals surface area contributed by atoms with Gasteiger partial charge in [0.2, 0.25) is 0 Å². The van der Waals surface area contributed by atoms with Gasteiger partial charge in [0.1, 0.15) is 5.75 Å². The molecule has 182 valence electrons. The van der Waals surface area contributed by atoms with Crippen LogP contribution in [0.4, 0.5) is 0 Å². The number of unbranched alkanes of at least 4 members (excludes halogenated alkanes) is 4. The Labute approximate surface area is 200 Å². The highest BCUT2D eigenvalue weighted by Crippen LogP contribution is 2.36. The van der Waals surface area contributed by atoms with Gasteiger partial charge in [-0.3, -0.25) is 0 Å². The fraction of sp³-hybridized carbons (Fsp3) is 0.806. The van der Waals surface area contributed by atoms with Crippen molar-refractivity contribution in [3.05, 3.63) is 29.8 Å². The molecule has 0 aromatic heterocycles. The Balaban J connectivity index is 1.28. The molecule has 1 aromatic rings. The molecule has 0 saturated heterocycles. The molecule has 0 radical (unpaired) electrons. The van der Waals surface area contributed by atoms with Crippen LogP contribution < -0.4 is 4.74 Å². The molecule has 1 heteroatoms. The Morgan fingerprint density at radius 3 is 2.06 bits per heavy atom. The Bertz CT molecular complexity index is 583.